The number of hydrogen-bond acceptors (Lipinski definition) is 6. The summed E-state index contributed by atoms with van der Waals surface area (Å²) in [5.74, 6) is 1.12. The molecule has 0 amide bonds. The third-order valence-corrected chi connectivity index (χ3v) is 7.38. The predicted molar refractivity (Wildman–Crippen MR) is 116 cm³/mol. The summed E-state index contributed by atoms with van der Waals surface area (Å²) in [7, 11) is 0. The van der Waals surface area contributed by atoms with Crippen molar-refractivity contribution in [2.75, 3.05) is 36.0 Å². The minimum absolute atomic E-state index is 0.0805. The Hall–Kier alpha value is -3.05. The molecule has 0 saturated carbocycles. The fourth-order valence-electron chi connectivity index (χ4n) is 5.14. The van der Waals surface area contributed by atoms with Gasteiger partial charge in [0.2, 0.25) is 0 Å². The van der Waals surface area contributed by atoms with E-state index in [2.05, 4.69) is 38.8 Å². The molecule has 2 saturated heterocycles. The van der Waals surface area contributed by atoms with Crippen LogP contribution in [0.3, 0.4) is 0 Å². The van der Waals surface area contributed by atoms with Crippen molar-refractivity contribution >= 4 is 22.8 Å². The molecule has 5 heterocycles. The maximum absolute atomic E-state index is 12.9. The van der Waals surface area contributed by atoms with E-state index in [1.807, 2.05) is 4.90 Å². The Bertz CT molecular complexity index is 1190. The minimum atomic E-state index is -4.42. The molecular formula is C22H24F5N7. The molecular weight excluding hydrogens is 457 g/mol. The Balaban J connectivity index is 1.38. The van der Waals surface area contributed by atoms with E-state index in [0.717, 1.165) is 18.7 Å². The fraction of sp³-hybridized carbons (Fsp3) is 0.545. The quantitative estimate of drug-likeness (QED) is 0.520. The first-order chi connectivity index (χ1) is 16.0. The summed E-state index contributed by atoms with van der Waals surface area (Å²) in [6.07, 6.45) is -2.21. The second kappa shape index (κ2) is 7.74. The molecule has 0 unspecified atom stereocenters. The van der Waals surface area contributed by atoms with E-state index in [-0.39, 0.29) is 10.8 Å². The number of fused-ring (bicyclic) bond motifs is 2. The molecule has 34 heavy (non-hydrogen) atoms. The molecule has 182 valence electrons. The molecule has 3 aromatic rings. The summed E-state index contributed by atoms with van der Waals surface area (Å²) in [6.45, 7) is 6.45. The minimum Gasteiger partial charge on any atom is -0.355 e. The lowest BCUT2D eigenvalue weighted by Crippen LogP contribution is -2.52. The zero-order valence-corrected chi connectivity index (χ0v) is 18.7. The van der Waals surface area contributed by atoms with Crippen molar-refractivity contribution in [1.29, 1.82) is 0 Å². The van der Waals surface area contributed by atoms with Gasteiger partial charge in [-0.25, -0.2) is 28.4 Å². The highest BCUT2D eigenvalue weighted by atomic mass is 19.4. The van der Waals surface area contributed by atoms with E-state index in [1.165, 1.54) is 16.9 Å². The van der Waals surface area contributed by atoms with Gasteiger partial charge in [0, 0.05) is 37.8 Å². The normalized spacial score (nSPS) is 25.4. The van der Waals surface area contributed by atoms with Gasteiger partial charge in [-0.05, 0) is 24.0 Å². The van der Waals surface area contributed by atoms with Gasteiger partial charge >= 0.3 is 6.18 Å². The molecule has 0 aliphatic carbocycles. The van der Waals surface area contributed by atoms with E-state index in [1.54, 1.807) is 6.20 Å². The van der Waals surface area contributed by atoms with Gasteiger partial charge in [-0.1, -0.05) is 13.8 Å². The monoisotopic (exact) mass is 481 g/mol. The topological polar surface area (TPSA) is 63.0 Å². The zero-order chi connectivity index (χ0) is 24.3. The van der Waals surface area contributed by atoms with Crippen LogP contribution in [0.4, 0.5) is 33.6 Å². The summed E-state index contributed by atoms with van der Waals surface area (Å²) >= 11 is 0. The molecule has 0 spiro atoms. The van der Waals surface area contributed by atoms with Crippen molar-refractivity contribution in [3.8, 4) is 0 Å². The van der Waals surface area contributed by atoms with E-state index in [9.17, 15) is 22.0 Å². The summed E-state index contributed by atoms with van der Waals surface area (Å²) < 4.78 is 65.7. The Morgan fingerprint density at radius 1 is 0.941 bits per heavy atom. The number of rotatable bonds is 4. The number of hydrogen-bond donors (Lipinski definition) is 0. The second-order valence-electron chi connectivity index (χ2n) is 9.71. The van der Waals surface area contributed by atoms with E-state index in [4.69, 9.17) is 0 Å². The molecule has 0 N–H and O–H groups in total. The Morgan fingerprint density at radius 3 is 2.35 bits per heavy atom. The molecule has 2 aliphatic rings. The number of alkyl halides is 5. The van der Waals surface area contributed by atoms with Crippen molar-refractivity contribution in [1.82, 2.24) is 24.7 Å². The number of aromatic nitrogens is 5. The molecule has 2 atom stereocenters. The van der Waals surface area contributed by atoms with Crippen LogP contribution < -0.4 is 9.80 Å². The highest BCUT2D eigenvalue weighted by Crippen LogP contribution is 2.52. The summed E-state index contributed by atoms with van der Waals surface area (Å²) in [4.78, 5) is 17.2. The lowest BCUT2D eigenvalue weighted by atomic mass is 9.64. The van der Waals surface area contributed by atoms with Crippen LogP contribution in [-0.4, -0.2) is 57.3 Å². The Kier molecular flexibility index (Phi) is 5.17. The summed E-state index contributed by atoms with van der Waals surface area (Å²) in [5.41, 5.74) is -0.272. The standard InChI is InChI=1S/C22H24F5N7/c1-20-5-6-32(18-9-28-15-8-30-34(10-16(23)24)19(15)31-18)12-21(20,2)13-33(11-20)17-4-3-14(7-29-17)22(25,26)27/h3-4,7-9,16H,5-6,10-13H2,1-2H3/t20-,21-/m0/s1. The lowest BCUT2D eigenvalue weighted by molar-refractivity contribution is -0.137. The van der Waals surface area contributed by atoms with Crippen LogP contribution in [0.1, 0.15) is 25.8 Å². The van der Waals surface area contributed by atoms with Crippen LogP contribution in [-0.2, 0) is 12.7 Å². The molecule has 12 heteroatoms. The predicted octanol–water partition coefficient (Wildman–Crippen LogP) is 4.25. The van der Waals surface area contributed by atoms with Crippen LogP contribution in [0, 0.1) is 10.8 Å². The van der Waals surface area contributed by atoms with Crippen LogP contribution >= 0.6 is 0 Å². The Labute approximate surface area is 192 Å². The maximum atomic E-state index is 12.9. The molecule has 0 aromatic carbocycles. The van der Waals surface area contributed by atoms with Crippen LogP contribution in [0.15, 0.2) is 30.7 Å². The highest BCUT2D eigenvalue weighted by Gasteiger charge is 2.55. The van der Waals surface area contributed by atoms with Crippen molar-refractivity contribution in [3.63, 3.8) is 0 Å². The summed E-state index contributed by atoms with van der Waals surface area (Å²) in [5, 5.41) is 3.97. The van der Waals surface area contributed by atoms with Crippen molar-refractivity contribution in [3.05, 3.63) is 36.3 Å². The average molecular weight is 481 g/mol. The van der Waals surface area contributed by atoms with Gasteiger partial charge < -0.3 is 9.80 Å². The maximum Gasteiger partial charge on any atom is 0.417 e. The largest absolute Gasteiger partial charge is 0.417 e. The number of nitrogens with zero attached hydrogens (tertiary/aromatic N) is 7. The van der Waals surface area contributed by atoms with Crippen molar-refractivity contribution < 1.29 is 22.0 Å². The van der Waals surface area contributed by atoms with E-state index >= 15 is 0 Å². The zero-order valence-electron chi connectivity index (χ0n) is 18.7. The van der Waals surface area contributed by atoms with Crippen LogP contribution in [0.5, 0.6) is 0 Å². The van der Waals surface area contributed by atoms with E-state index < -0.39 is 24.7 Å². The number of halogens is 5. The van der Waals surface area contributed by atoms with Gasteiger partial charge in [0.15, 0.2) is 5.65 Å². The molecule has 2 fully saturated rings. The van der Waals surface area contributed by atoms with Crippen molar-refractivity contribution in [2.45, 2.75) is 39.4 Å². The van der Waals surface area contributed by atoms with Gasteiger partial charge in [0.05, 0.1) is 18.0 Å². The van der Waals surface area contributed by atoms with Gasteiger partial charge in [-0.15, -0.1) is 0 Å². The van der Waals surface area contributed by atoms with Gasteiger partial charge in [-0.2, -0.15) is 18.3 Å². The van der Waals surface area contributed by atoms with E-state index in [0.29, 0.717) is 49.0 Å². The van der Waals surface area contributed by atoms with Crippen molar-refractivity contribution in [2.24, 2.45) is 10.8 Å². The number of pyridine rings is 1. The first-order valence-corrected chi connectivity index (χ1v) is 11.0. The van der Waals surface area contributed by atoms with Crippen LogP contribution in [0.2, 0.25) is 0 Å². The molecule has 3 aromatic heterocycles. The molecule has 2 aliphatic heterocycles. The third kappa shape index (κ3) is 3.82. The highest BCUT2D eigenvalue weighted by molar-refractivity contribution is 5.71. The SMILES string of the molecule is C[C@@]12CCN(c3cnc4cnn(CC(F)F)c4n3)C[C@@]1(C)CN(c1ccc(C(F)(F)F)cn1)C2. The molecule has 7 nitrogen and oxygen atoms in total. The third-order valence-electron chi connectivity index (χ3n) is 7.38. The van der Waals surface area contributed by atoms with Gasteiger partial charge in [0.1, 0.15) is 23.7 Å². The van der Waals surface area contributed by atoms with Gasteiger partial charge in [-0.3, -0.25) is 0 Å². The second-order valence-corrected chi connectivity index (χ2v) is 9.71. The first-order valence-electron chi connectivity index (χ1n) is 11.0. The van der Waals surface area contributed by atoms with Gasteiger partial charge in [0.25, 0.3) is 6.43 Å². The number of piperidine rings is 1. The van der Waals surface area contributed by atoms with Crippen LogP contribution in [0.25, 0.3) is 11.2 Å². The average Bonchev–Trinajstić information content (AvgIpc) is 3.29. The Morgan fingerprint density at radius 2 is 1.68 bits per heavy atom. The lowest BCUT2D eigenvalue weighted by Gasteiger charge is -2.48. The molecule has 5 rings (SSSR count). The fourth-order valence-corrected chi connectivity index (χ4v) is 5.14. The summed E-state index contributed by atoms with van der Waals surface area (Å²) in [6, 6.07) is 2.49. The first kappa shape index (κ1) is 22.7. The molecule has 0 bridgehead atoms. The number of anilines is 2. The smallest absolute Gasteiger partial charge is 0.355 e. The molecule has 0 radical (unpaired) electrons.